The number of hydrogen-bond acceptors (Lipinski definition) is 4. The molecule has 1 unspecified atom stereocenters. The second-order valence-corrected chi connectivity index (χ2v) is 5.09. The van der Waals surface area contributed by atoms with Gasteiger partial charge < -0.3 is 10.4 Å². The summed E-state index contributed by atoms with van der Waals surface area (Å²) in [4.78, 5) is 11.5. The monoisotopic (exact) mass is 275 g/mol. The van der Waals surface area contributed by atoms with E-state index in [0.29, 0.717) is 13.0 Å². The van der Waals surface area contributed by atoms with Crippen molar-refractivity contribution in [2.24, 2.45) is 0 Å². The highest BCUT2D eigenvalue weighted by atomic mass is 32.1. The minimum atomic E-state index is -0.511. The summed E-state index contributed by atoms with van der Waals surface area (Å²) in [6.45, 7) is 2.31. The van der Waals surface area contributed by atoms with Gasteiger partial charge in [0.05, 0.1) is 6.10 Å². The Morgan fingerprint density at radius 2 is 2.05 bits per heavy atom. The highest BCUT2D eigenvalue weighted by molar-refractivity contribution is 7.07. The number of benzene rings is 1. The van der Waals surface area contributed by atoms with Crippen molar-refractivity contribution in [2.45, 2.75) is 19.4 Å². The molecule has 1 aromatic carbocycles. The molecule has 4 heteroatoms. The van der Waals surface area contributed by atoms with E-state index in [1.165, 1.54) is 0 Å². The van der Waals surface area contributed by atoms with Gasteiger partial charge in [-0.3, -0.25) is 4.79 Å². The third-order valence-electron chi connectivity index (χ3n) is 2.96. The lowest BCUT2D eigenvalue weighted by Crippen LogP contribution is -2.11. The van der Waals surface area contributed by atoms with Crippen LogP contribution in [0, 0.1) is 0 Å². The van der Waals surface area contributed by atoms with Crippen LogP contribution in [-0.4, -0.2) is 17.4 Å². The van der Waals surface area contributed by atoms with Crippen molar-refractivity contribution in [3.05, 3.63) is 52.2 Å². The van der Waals surface area contributed by atoms with Crippen LogP contribution in [0.25, 0.3) is 0 Å². The molecule has 0 bridgehead atoms. The molecule has 0 aliphatic rings. The Bertz CT molecular complexity index is 520. The Morgan fingerprint density at radius 3 is 2.63 bits per heavy atom. The maximum atomic E-state index is 11.5. The molecular weight excluding hydrogens is 258 g/mol. The highest BCUT2D eigenvalue weighted by Crippen LogP contribution is 2.17. The van der Waals surface area contributed by atoms with Crippen LogP contribution in [0.15, 0.2) is 41.1 Å². The van der Waals surface area contributed by atoms with Crippen LogP contribution in [0.3, 0.4) is 0 Å². The largest absolute Gasteiger partial charge is 0.387 e. The molecule has 0 spiro atoms. The molecule has 0 radical (unpaired) electrons. The summed E-state index contributed by atoms with van der Waals surface area (Å²) < 4.78 is 0. The van der Waals surface area contributed by atoms with Crippen LogP contribution in [0.4, 0.5) is 5.69 Å². The zero-order valence-electron chi connectivity index (χ0n) is 10.8. The molecule has 1 heterocycles. The van der Waals surface area contributed by atoms with Crippen LogP contribution < -0.4 is 5.32 Å². The average Bonchev–Trinajstić information content (AvgIpc) is 2.98. The number of carbonyl (C=O) groups excluding carboxylic acids is 1. The van der Waals surface area contributed by atoms with Crippen LogP contribution in [0.1, 0.15) is 35.4 Å². The molecule has 1 atom stereocenters. The number of anilines is 1. The molecule has 0 saturated carbocycles. The van der Waals surface area contributed by atoms with Crippen molar-refractivity contribution in [3.63, 3.8) is 0 Å². The molecule has 100 valence electrons. The lowest BCUT2D eigenvalue weighted by Gasteiger charge is -2.11. The molecule has 0 aliphatic heterocycles. The van der Waals surface area contributed by atoms with Crippen molar-refractivity contribution < 1.29 is 9.90 Å². The number of aliphatic hydroxyl groups excluding tert-OH is 1. The van der Waals surface area contributed by atoms with Crippen molar-refractivity contribution in [2.75, 3.05) is 11.9 Å². The van der Waals surface area contributed by atoms with E-state index in [4.69, 9.17) is 0 Å². The van der Waals surface area contributed by atoms with Crippen molar-refractivity contribution >= 4 is 22.8 Å². The zero-order valence-corrected chi connectivity index (χ0v) is 11.6. The van der Waals surface area contributed by atoms with Gasteiger partial charge in [0, 0.05) is 24.2 Å². The van der Waals surface area contributed by atoms with E-state index in [2.05, 4.69) is 5.32 Å². The number of ketones is 1. The molecule has 0 fully saturated rings. The van der Waals surface area contributed by atoms with Gasteiger partial charge in [0.2, 0.25) is 0 Å². The molecule has 2 N–H and O–H groups in total. The number of carbonyl (C=O) groups is 1. The maximum absolute atomic E-state index is 11.5. The first-order chi connectivity index (χ1) is 9.20. The molecule has 19 heavy (non-hydrogen) atoms. The van der Waals surface area contributed by atoms with E-state index in [1.54, 1.807) is 11.3 Å². The lowest BCUT2D eigenvalue weighted by atomic mass is 10.1. The second-order valence-electron chi connectivity index (χ2n) is 4.31. The highest BCUT2D eigenvalue weighted by Gasteiger charge is 2.07. The molecule has 2 aromatic rings. The molecule has 0 aliphatic carbocycles. The van der Waals surface area contributed by atoms with E-state index in [9.17, 15) is 9.90 Å². The summed E-state index contributed by atoms with van der Waals surface area (Å²) in [5.41, 5.74) is 2.56. The van der Waals surface area contributed by atoms with Crippen LogP contribution in [0.5, 0.6) is 0 Å². The third-order valence-corrected chi connectivity index (χ3v) is 3.66. The van der Waals surface area contributed by atoms with Gasteiger partial charge in [-0.25, -0.2) is 0 Å². The van der Waals surface area contributed by atoms with Crippen LogP contribution in [-0.2, 0) is 0 Å². The molecule has 1 aromatic heterocycles. The van der Waals surface area contributed by atoms with Gasteiger partial charge in [-0.15, -0.1) is 0 Å². The van der Waals surface area contributed by atoms with Crippen LogP contribution >= 0.6 is 11.3 Å². The molecular formula is C15H17NO2S. The maximum Gasteiger partial charge on any atom is 0.162 e. The summed E-state index contributed by atoms with van der Waals surface area (Å²) in [5.74, 6) is 0.143. The smallest absolute Gasteiger partial charge is 0.162 e. The van der Waals surface area contributed by atoms with E-state index in [0.717, 1.165) is 16.8 Å². The summed E-state index contributed by atoms with van der Waals surface area (Å²) in [6, 6.07) is 9.27. The third kappa shape index (κ3) is 3.66. The fourth-order valence-electron chi connectivity index (χ4n) is 1.78. The second kappa shape index (κ2) is 6.50. The SMILES string of the molecule is CCC(=O)c1ccc(NCC(O)c2ccsc2)cc1. The number of hydrogen-bond donors (Lipinski definition) is 2. The number of Topliss-reactive ketones (excluding diaryl/α,β-unsaturated/α-hetero) is 1. The number of thiophene rings is 1. The average molecular weight is 275 g/mol. The minimum absolute atomic E-state index is 0.143. The first-order valence-corrected chi connectivity index (χ1v) is 7.22. The van der Waals surface area contributed by atoms with Gasteiger partial charge in [0.25, 0.3) is 0 Å². The fourth-order valence-corrected chi connectivity index (χ4v) is 2.48. The lowest BCUT2D eigenvalue weighted by molar-refractivity contribution is 0.0988. The van der Waals surface area contributed by atoms with Gasteiger partial charge in [-0.2, -0.15) is 11.3 Å². The van der Waals surface area contributed by atoms with E-state index in [1.807, 2.05) is 48.0 Å². The van der Waals surface area contributed by atoms with Crippen molar-refractivity contribution in [3.8, 4) is 0 Å². The van der Waals surface area contributed by atoms with Crippen molar-refractivity contribution in [1.29, 1.82) is 0 Å². The van der Waals surface area contributed by atoms with Crippen molar-refractivity contribution in [1.82, 2.24) is 0 Å². The van der Waals surface area contributed by atoms with Gasteiger partial charge in [-0.1, -0.05) is 6.92 Å². The Labute approximate surface area is 116 Å². The quantitative estimate of drug-likeness (QED) is 0.793. The number of nitrogens with one attached hydrogen (secondary N) is 1. The predicted molar refractivity (Wildman–Crippen MR) is 78.8 cm³/mol. The Kier molecular flexibility index (Phi) is 4.71. The predicted octanol–water partition coefficient (Wildman–Crippen LogP) is 3.49. The Balaban J connectivity index is 1.91. The summed E-state index contributed by atoms with van der Waals surface area (Å²) in [5, 5.41) is 17.0. The summed E-state index contributed by atoms with van der Waals surface area (Å²) >= 11 is 1.57. The molecule has 0 saturated heterocycles. The topological polar surface area (TPSA) is 49.3 Å². The fraction of sp³-hybridized carbons (Fsp3) is 0.267. The number of rotatable bonds is 6. The number of aliphatic hydroxyl groups is 1. The summed E-state index contributed by atoms with van der Waals surface area (Å²) in [7, 11) is 0. The van der Waals surface area contributed by atoms with E-state index >= 15 is 0 Å². The van der Waals surface area contributed by atoms with Gasteiger partial charge in [-0.05, 0) is 46.7 Å². The van der Waals surface area contributed by atoms with E-state index < -0.39 is 6.10 Å². The molecule has 3 nitrogen and oxygen atoms in total. The zero-order chi connectivity index (χ0) is 13.7. The molecule has 0 amide bonds. The summed E-state index contributed by atoms with van der Waals surface area (Å²) in [6.07, 6.45) is 0.00658. The van der Waals surface area contributed by atoms with E-state index in [-0.39, 0.29) is 5.78 Å². The van der Waals surface area contributed by atoms with Crippen LogP contribution in [0.2, 0.25) is 0 Å². The Hall–Kier alpha value is -1.65. The first kappa shape index (κ1) is 13.8. The van der Waals surface area contributed by atoms with Gasteiger partial charge in [0.1, 0.15) is 0 Å². The van der Waals surface area contributed by atoms with Gasteiger partial charge in [0.15, 0.2) is 5.78 Å². The molecule has 2 rings (SSSR count). The minimum Gasteiger partial charge on any atom is -0.387 e. The standard InChI is InChI=1S/C15H17NO2S/c1-2-14(17)11-3-5-13(6-4-11)16-9-15(18)12-7-8-19-10-12/h3-8,10,15-16,18H,2,9H2,1H3. The Morgan fingerprint density at radius 1 is 1.32 bits per heavy atom. The van der Waals surface area contributed by atoms with Gasteiger partial charge >= 0.3 is 0 Å². The normalized spacial score (nSPS) is 12.1. The first-order valence-electron chi connectivity index (χ1n) is 6.28.